The first-order chi connectivity index (χ1) is 4.91. The van der Waals surface area contributed by atoms with E-state index in [2.05, 4.69) is 18.8 Å². The topological polar surface area (TPSA) is 20.2 Å². The van der Waals surface area contributed by atoms with Crippen molar-refractivity contribution in [3.63, 3.8) is 0 Å². The first kappa shape index (κ1) is 9.26. The Balaban J connectivity index is 3.22. The van der Waals surface area contributed by atoms with Crippen LogP contribution in [0.5, 0.6) is 0 Å². The Kier molecular flexibility index (Phi) is 7.65. The third-order valence-electron chi connectivity index (χ3n) is 1.06. The van der Waals surface area contributed by atoms with E-state index < -0.39 is 0 Å². The van der Waals surface area contributed by atoms with Crippen LogP contribution in [-0.4, -0.2) is 11.7 Å². The molecule has 0 rings (SSSR count). The molecule has 1 heteroatoms. The van der Waals surface area contributed by atoms with Gasteiger partial charge in [-0.15, -0.1) is 0 Å². The first-order valence-corrected chi connectivity index (χ1v) is 3.66. The Labute approximate surface area is 62.8 Å². The van der Waals surface area contributed by atoms with E-state index >= 15 is 0 Å². The molecule has 0 aliphatic rings. The summed E-state index contributed by atoms with van der Waals surface area (Å²) in [4.78, 5) is 0. The lowest BCUT2D eigenvalue weighted by atomic mass is 10.2. The summed E-state index contributed by atoms with van der Waals surface area (Å²) in [5.74, 6) is 5.80. The van der Waals surface area contributed by atoms with Crippen LogP contribution in [0.1, 0.15) is 26.2 Å². The third kappa shape index (κ3) is 7.26. The second-order valence-electron chi connectivity index (χ2n) is 2.01. The van der Waals surface area contributed by atoms with E-state index in [9.17, 15) is 0 Å². The zero-order valence-electron chi connectivity index (χ0n) is 6.43. The minimum Gasteiger partial charge on any atom is -0.392 e. The summed E-state index contributed by atoms with van der Waals surface area (Å²) in [6.45, 7) is 2.23. The van der Waals surface area contributed by atoms with Crippen LogP contribution in [0.25, 0.3) is 0 Å². The maximum absolute atomic E-state index is 8.31. The Morgan fingerprint density at radius 2 is 2.30 bits per heavy atom. The maximum atomic E-state index is 8.31. The summed E-state index contributed by atoms with van der Waals surface area (Å²) in [5.41, 5.74) is 0. The molecule has 56 valence electrons. The van der Waals surface area contributed by atoms with E-state index in [-0.39, 0.29) is 6.61 Å². The highest BCUT2D eigenvalue weighted by Gasteiger charge is 1.73. The summed E-state index contributed by atoms with van der Waals surface area (Å²) >= 11 is 0. The fourth-order valence-corrected chi connectivity index (χ4v) is 0.508. The van der Waals surface area contributed by atoms with Crippen molar-refractivity contribution < 1.29 is 5.11 Å². The van der Waals surface area contributed by atoms with Gasteiger partial charge in [-0.05, 0) is 12.5 Å². The molecule has 0 saturated carbocycles. The average molecular weight is 138 g/mol. The smallest absolute Gasteiger partial charge is 0.0621 e. The third-order valence-corrected chi connectivity index (χ3v) is 1.06. The quantitative estimate of drug-likeness (QED) is 0.465. The van der Waals surface area contributed by atoms with Gasteiger partial charge in [0.1, 0.15) is 0 Å². The van der Waals surface area contributed by atoms with Crippen LogP contribution in [0.15, 0.2) is 12.2 Å². The van der Waals surface area contributed by atoms with E-state index in [4.69, 9.17) is 5.11 Å². The predicted octanol–water partition coefficient (Wildman–Crippen LogP) is 1.73. The second-order valence-corrected chi connectivity index (χ2v) is 2.01. The molecular weight excluding hydrogens is 124 g/mol. The molecule has 0 spiro atoms. The molecule has 0 aromatic heterocycles. The minimum atomic E-state index is 0.0858. The number of hydrogen-bond acceptors (Lipinski definition) is 1. The van der Waals surface area contributed by atoms with Gasteiger partial charge in [0, 0.05) is 6.42 Å². The van der Waals surface area contributed by atoms with Gasteiger partial charge in [0.05, 0.1) is 6.61 Å². The van der Waals surface area contributed by atoms with Gasteiger partial charge >= 0.3 is 0 Å². The van der Waals surface area contributed by atoms with Crippen LogP contribution < -0.4 is 0 Å². The Hall–Kier alpha value is -0.740. The van der Waals surface area contributed by atoms with Gasteiger partial charge in [-0.3, -0.25) is 0 Å². The number of aliphatic hydroxyl groups excluding tert-OH is 1. The fourth-order valence-electron chi connectivity index (χ4n) is 0.508. The van der Waals surface area contributed by atoms with Gasteiger partial charge in [0.25, 0.3) is 0 Å². The van der Waals surface area contributed by atoms with Gasteiger partial charge in [-0.25, -0.2) is 0 Å². The largest absolute Gasteiger partial charge is 0.392 e. The number of unbranched alkanes of at least 4 members (excludes halogenated alkanes) is 2. The van der Waals surface area contributed by atoms with Crippen LogP contribution in [-0.2, 0) is 0 Å². The van der Waals surface area contributed by atoms with E-state index in [1.807, 2.05) is 0 Å². The maximum Gasteiger partial charge on any atom is 0.0621 e. The van der Waals surface area contributed by atoms with Gasteiger partial charge in [0.2, 0.25) is 0 Å². The Morgan fingerprint density at radius 1 is 1.50 bits per heavy atom. The number of aliphatic hydroxyl groups is 1. The van der Waals surface area contributed by atoms with Crippen molar-refractivity contribution in [2.45, 2.75) is 26.2 Å². The highest BCUT2D eigenvalue weighted by molar-refractivity contribution is 5.14. The number of allylic oxidation sites excluding steroid dienone is 1. The van der Waals surface area contributed by atoms with Crippen molar-refractivity contribution in [2.24, 2.45) is 0 Å². The van der Waals surface area contributed by atoms with Crippen molar-refractivity contribution in [1.82, 2.24) is 0 Å². The van der Waals surface area contributed by atoms with Crippen LogP contribution >= 0.6 is 0 Å². The molecule has 1 N–H and O–H groups in total. The van der Waals surface area contributed by atoms with E-state index in [0.717, 1.165) is 6.42 Å². The van der Waals surface area contributed by atoms with Gasteiger partial charge in [-0.1, -0.05) is 31.3 Å². The van der Waals surface area contributed by atoms with Crippen molar-refractivity contribution in [2.75, 3.05) is 6.61 Å². The highest BCUT2D eigenvalue weighted by Crippen LogP contribution is 1.89. The predicted molar refractivity (Wildman–Crippen MR) is 43.5 cm³/mol. The van der Waals surface area contributed by atoms with Crippen molar-refractivity contribution >= 4 is 0 Å². The summed E-state index contributed by atoms with van der Waals surface area (Å²) < 4.78 is 0. The van der Waals surface area contributed by atoms with Crippen LogP contribution in [0, 0.1) is 11.8 Å². The molecular formula is C9H14O. The van der Waals surface area contributed by atoms with Crippen LogP contribution in [0.2, 0.25) is 0 Å². The summed E-state index contributed by atoms with van der Waals surface area (Å²) in [5, 5.41) is 8.31. The molecule has 0 aromatic carbocycles. The van der Waals surface area contributed by atoms with Crippen molar-refractivity contribution in [3.05, 3.63) is 12.2 Å². The molecule has 0 aromatic rings. The molecule has 0 aliphatic carbocycles. The minimum absolute atomic E-state index is 0.0858. The number of rotatable bonds is 3. The lowest BCUT2D eigenvalue weighted by Gasteiger charge is -1.81. The van der Waals surface area contributed by atoms with Crippen LogP contribution in [0.3, 0.4) is 0 Å². The fraction of sp³-hybridized carbons (Fsp3) is 0.556. The summed E-state index contributed by atoms with van der Waals surface area (Å²) in [6.07, 6.45) is 6.65. The molecule has 1 nitrogen and oxygen atoms in total. The molecule has 0 bridgehead atoms. The molecule has 0 heterocycles. The zero-order chi connectivity index (χ0) is 7.66. The Morgan fingerprint density at radius 3 is 2.90 bits per heavy atom. The molecule has 0 unspecified atom stereocenters. The standard InChI is InChI=1S/C9H14O/c1-2-3-4-5-6-7-8-9-10/h7-8,10H,2-4,9H2,1H3/b8-7+. The number of hydrogen-bond donors (Lipinski definition) is 1. The molecule has 0 amide bonds. The second kappa shape index (κ2) is 8.26. The van der Waals surface area contributed by atoms with Crippen LogP contribution in [0.4, 0.5) is 0 Å². The lowest BCUT2D eigenvalue weighted by Crippen LogP contribution is -1.69. The molecule has 10 heavy (non-hydrogen) atoms. The summed E-state index contributed by atoms with van der Waals surface area (Å²) in [7, 11) is 0. The van der Waals surface area contributed by atoms with Crippen molar-refractivity contribution in [3.8, 4) is 11.8 Å². The van der Waals surface area contributed by atoms with Gasteiger partial charge < -0.3 is 5.11 Å². The van der Waals surface area contributed by atoms with Gasteiger partial charge in [0.15, 0.2) is 0 Å². The van der Waals surface area contributed by atoms with Gasteiger partial charge in [-0.2, -0.15) is 0 Å². The molecule has 0 atom stereocenters. The van der Waals surface area contributed by atoms with E-state index in [0.29, 0.717) is 0 Å². The molecule has 0 radical (unpaired) electrons. The van der Waals surface area contributed by atoms with E-state index in [1.165, 1.54) is 12.8 Å². The molecule has 0 fully saturated rings. The molecule has 0 aliphatic heterocycles. The zero-order valence-corrected chi connectivity index (χ0v) is 6.43. The first-order valence-electron chi connectivity index (χ1n) is 3.66. The lowest BCUT2D eigenvalue weighted by molar-refractivity contribution is 0.343. The summed E-state index contributed by atoms with van der Waals surface area (Å²) in [6, 6.07) is 0. The normalized spacial score (nSPS) is 9.40. The van der Waals surface area contributed by atoms with E-state index in [1.54, 1.807) is 12.2 Å². The molecule has 0 saturated heterocycles. The Bertz CT molecular complexity index is 137. The average Bonchev–Trinajstić information content (AvgIpc) is 1.97. The monoisotopic (exact) mass is 138 g/mol. The SMILES string of the molecule is CCCCC#C/C=C/CO. The highest BCUT2D eigenvalue weighted by atomic mass is 16.2. The van der Waals surface area contributed by atoms with Crippen molar-refractivity contribution in [1.29, 1.82) is 0 Å².